The van der Waals surface area contributed by atoms with Gasteiger partial charge in [0.1, 0.15) is 11.2 Å². The van der Waals surface area contributed by atoms with Crippen LogP contribution in [0.25, 0.3) is 11.0 Å². The Balaban J connectivity index is 1.98. The van der Waals surface area contributed by atoms with Crippen molar-refractivity contribution in [2.45, 2.75) is 33.9 Å². The molecule has 3 aromatic rings. The van der Waals surface area contributed by atoms with Crippen LogP contribution in [0.3, 0.4) is 0 Å². The maximum atomic E-state index is 12.6. The van der Waals surface area contributed by atoms with Crippen LogP contribution in [0.2, 0.25) is 0 Å². The minimum absolute atomic E-state index is 0.116. The largest absolute Gasteiger partial charge is 0.347 e. The van der Waals surface area contributed by atoms with E-state index in [9.17, 15) is 9.59 Å². The first-order chi connectivity index (χ1) is 11.5. The zero-order chi connectivity index (χ0) is 17.3. The Labute approximate surface area is 142 Å². The number of carbonyl (C=O) groups excluding carboxylic acids is 1. The van der Waals surface area contributed by atoms with Gasteiger partial charge >= 0.3 is 0 Å². The Kier molecular flexibility index (Phi) is 4.39. The van der Waals surface area contributed by atoms with Gasteiger partial charge in [0.25, 0.3) is 5.91 Å². The van der Waals surface area contributed by atoms with E-state index in [2.05, 4.69) is 19.9 Å². The lowest BCUT2D eigenvalue weighted by Crippen LogP contribution is -2.29. The molecule has 8 heteroatoms. The van der Waals surface area contributed by atoms with Crippen LogP contribution in [-0.4, -0.2) is 25.0 Å². The number of nitrogens with one attached hydrogen (secondary N) is 1. The number of rotatable bonds is 4. The highest BCUT2D eigenvalue weighted by Gasteiger charge is 2.16. The minimum Gasteiger partial charge on any atom is -0.347 e. The smallest absolute Gasteiger partial charge is 0.257 e. The molecule has 3 heterocycles. The zero-order valence-electron chi connectivity index (χ0n) is 13.7. The van der Waals surface area contributed by atoms with Crippen molar-refractivity contribution >= 4 is 28.5 Å². The van der Waals surface area contributed by atoms with Crippen LogP contribution in [-0.2, 0) is 13.1 Å². The van der Waals surface area contributed by atoms with Crippen LogP contribution in [0.15, 0.2) is 23.1 Å². The highest BCUT2D eigenvalue weighted by Crippen LogP contribution is 2.12. The highest BCUT2D eigenvalue weighted by molar-refractivity contribution is 7.05. The Morgan fingerprint density at radius 1 is 1.33 bits per heavy atom. The molecule has 124 valence electrons. The van der Waals surface area contributed by atoms with Crippen molar-refractivity contribution in [3.8, 4) is 0 Å². The Morgan fingerprint density at radius 2 is 2.12 bits per heavy atom. The van der Waals surface area contributed by atoms with E-state index in [1.807, 2.05) is 25.3 Å². The SMILES string of the molecule is CCn1cc(C(=O)NCc2snnc2C)c(=O)c2ccc(C)nc21. The van der Waals surface area contributed by atoms with Gasteiger partial charge in [0.2, 0.25) is 5.43 Å². The van der Waals surface area contributed by atoms with Gasteiger partial charge in [0.05, 0.1) is 22.5 Å². The van der Waals surface area contributed by atoms with E-state index in [0.717, 1.165) is 16.3 Å². The number of aromatic nitrogens is 4. The van der Waals surface area contributed by atoms with Crippen LogP contribution < -0.4 is 10.7 Å². The normalized spacial score (nSPS) is 11.0. The summed E-state index contributed by atoms with van der Waals surface area (Å²) in [7, 11) is 0. The topological polar surface area (TPSA) is 89.8 Å². The van der Waals surface area contributed by atoms with Gasteiger partial charge in [-0.05, 0) is 44.4 Å². The molecule has 0 aliphatic heterocycles. The molecule has 7 nitrogen and oxygen atoms in total. The molecule has 0 aliphatic carbocycles. The maximum Gasteiger partial charge on any atom is 0.257 e. The predicted octanol–water partition coefficient (Wildman–Crippen LogP) is 1.81. The lowest BCUT2D eigenvalue weighted by atomic mass is 10.1. The maximum absolute atomic E-state index is 12.6. The number of carbonyl (C=O) groups is 1. The van der Waals surface area contributed by atoms with E-state index in [4.69, 9.17) is 0 Å². The van der Waals surface area contributed by atoms with Gasteiger partial charge in [-0.15, -0.1) is 5.10 Å². The number of pyridine rings is 2. The van der Waals surface area contributed by atoms with Crippen molar-refractivity contribution < 1.29 is 4.79 Å². The van der Waals surface area contributed by atoms with E-state index in [1.54, 1.807) is 18.3 Å². The van der Waals surface area contributed by atoms with E-state index < -0.39 is 5.91 Å². The molecule has 0 aliphatic rings. The molecular weight excluding hydrogens is 326 g/mol. The lowest BCUT2D eigenvalue weighted by Gasteiger charge is -2.11. The number of hydrogen-bond acceptors (Lipinski definition) is 6. The van der Waals surface area contributed by atoms with Crippen molar-refractivity contribution in [2.75, 3.05) is 0 Å². The third-order valence-corrected chi connectivity index (χ3v) is 4.62. The second kappa shape index (κ2) is 6.48. The number of hydrogen-bond donors (Lipinski definition) is 1. The number of aryl methyl sites for hydroxylation is 3. The fraction of sp³-hybridized carbons (Fsp3) is 0.312. The van der Waals surface area contributed by atoms with Gasteiger partial charge in [0, 0.05) is 18.4 Å². The molecule has 0 unspecified atom stereocenters. The molecule has 0 bridgehead atoms. The van der Waals surface area contributed by atoms with Crippen molar-refractivity contribution in [2.24, 2.45) is 0 Å². The fourth-order valence-electron chi connectivity index (χ4n) is 2.43. The molecular formula is C16H17N5O2S. The molecule has 0 saturated carbocycles. The zero-order valence-corrected chi connectivity index (χ0v) is 14.5. The average Bonchev–Trinajstić information content (AvgIpc) is 2.98. The summed E-state index contributed by atoms with van der Waals surface area (Å²) in [4.78, 5) is 30.4. The van der Waals surface area contributed by atoms with Crippen molar-refractivity contribution in [3.63, 3.8) is 0 Å². The molecule has 0 aromatic carbocycles. The molecule has 0 radical (unpaired) electrons. The summed E-state index contributed by atoms with van der Waals surface area (Å²) in [5, 5.41) is 7.12. The van der Waals surface area contributed by atoms with E-state index in [1.165, 1.54) is 11.5 Å². The summed E-state index contributed by atoms with van der Waals surface area (Å²) >= 11 is 1.23. The molecule has 0 fully saturated rings. The Hall–Kier alpha value is -2.61. The summed E-state index contributed by atoms with van der Waals surface area (Å²) in [6, 6.07) is 3.50. The molecule has 0 atom stereocenters. The predicted molar refractivity (Wildman–Crippen MR) is 92.2 cm³/mol. The standard InChI is InChI=1S/C16H17N5O2S/c1-4-21-8-12(14(22)11-6-5-9(2)18-15(11)21)16(23)17-7-13-10(3)19-20-24-13/h5-6,8H,4,7H2,1-3H3,(H,17,23). The highest BCUT2D eigenvalue weighted by atomic mass is 32.1. The minimum atomic E-state index is -0.405. The van der Waals surface area contributed by atoms with Crippen LogP contribution in [0.1, 0.15) is 33.5 Å². The van der Waals surface area contributed by atoms with Crippen molar-refractivity contribution in [1.29, 1.82) is 0 Å². The van der Waals surface area contributed by atoms with Crippen molar-refractivity contribution in [3.05, 3.63) is 50.4 Å². The molecule has 1 amide bonds. The summed E-state index contributed by atoms with van der Waals surface area (Å²) < 4.78 is 5.65. The van der Waals surface area contributed by atoms with Crippen molar-refractivity contribution in [1.82, 2.24) is 24.5 Å². The number of amides is 1. The average molecular weight is 343 g/mol. The molecule has 1 N–H and O–H groups in total. The van der Waals surface area contributed by atoms with Crippen LogP contribution in [0.5, 0.6) is 0 Å². The molecule has 3 rings (SSSR count). The monoisotopic (exact) mass is 343 g/mol. The van der Waals surface area contributed by atoms with E-state index >= 15 is 0 Å². The Morgan fingerprint density at radius 3 is 2.79 bits per heavy atom. The molecule has 24 heavy (non-hydrogen) atoms. The lowest BCUT2D eigenvalue weighted by molar-refractivity contribution is 0.0949. The van der Waals surface area contributed by atoms with Crippen LogP contribution in [0, 0.1) is 13.8 Å². The number of fused-ring (bicyclic) bond motifs is 1. The van der Waals surface area contributed by atoms with Gasteiger partial charge in [-0.2, -0.15) is 0 Å². The Bertz CT molecular complexity index is 976. The fourth-order valence-corrected chi connectivity index (χ4v) is 3.00. The number of nitrogens with zero attached hydrogens (tertiary/aromatic N) is 4. The van der Waals surface area contributed by atoms with Gasteiger partial charge < -0.3 is 9.88 Å². The first-order valence-corrected chi connectivity index (χ1v) is 8.35. The quantitative estimate of drug-likeness (QED) is 0.780. The third-order valence-electron chi connectivity index (χ3n) is 3.80. The summed E-state index contributed by atoms with van der Waals surface area (Å²) in [5.74, 6) is -0.405. The second-order valence-corrected chi connectivity index (χ2v) is 6.28. The summed E-state index contributed by atoms with van der Waals surface area (Å²) in [6.07, 6.45) is 1.57. The first kappa shape index (κ1) is 16.3. The van der Waals surface area contributed by atoms with Crippen LogP contribution in [0.4, 0.5) is 0 Å². The van der Waals surface area contributed by atoms with Gasteiger partial charge in [-0.3, -0.25) is 9.59 Å². The van der Waals surface area contributed by atoms with Gasteiger partial charge in [0.15, 0.2) is 0 Å². The van der Waals surface area contributed by atoms with Gasteiger partial charge in [-0.1, -0.05) is 4.49 Å². The molecule has 3 aromatic heterocycles. The van der Waals surface area contributed by atoms with Gasteiger partial charge in [-0.25, -0.2) is 4.98 Å². The molecule has 0 saturated heterocycles. The van der Waals surface area contributed by atoms with E-state index in [-0.39, 0.29) is 11.0 Å². The third kappa shape index (κ3) is 2.92. The van der Waals surface area contributed by atoms with Crippen LogP contribution >= 0.6 is 11.5 Å². The molecule has 0 spiro atoms. The van der Waals surface area contributed by atoms with E-state index in [0.29, 0.717) is 24.1 Å². The summed E-state index contributed by atoms with van der Waals surface area (Å²) in [6.45, 7) is 6.57. The first-order valence-electron chi connectivity index (χ1n) is 7.58. The second-order valence-electron chi connectivity index (χ2n) is 5.45. The summed E-state index contributed by atoms with van der Waals surface area (Å²) in [5.41, 5.74) is 2.02.